The number of aryl methyl sites for hydroxylation is 1. The second kappa shape index (κ2) is 9.54. The number of anilines is 1. The van der Waals surface area contributed by atoms with Gasteiger partial charge < -0.3 is 14.6 Å². The number of thioether (sulfide) groups is 1. The van der Waals surface area contributed by atoms with E-state index in [0.29, 0.717) is 11.3 Å². The third kappa shape index (κ3) is 5.69. The molecule has 150 valence electrons. The summed E-state index contributed by atoms with van der Waals surface area (Å²) in [5.41, 5.74) is 2.77. The normalized spacial score (nSPS) is 11.8. The van der Waals surface area contributed by atoms with Gasteiger partial charge >= 0.3 is 5.97 Å². The van der Waals surface area contributed by atoms with Gasteiger partial charge in [-0.1, -0.05) is 0 Å². The predicted molar refractivity (Wildman–Crippen MR) is 107 cm³/mol. The second-order valence-electron chi connectivity index (χ2n) is 6.38. The van der Waals surface area contributed by atoms with E-state index in [1.807, 2.05) is 25.5 Å². The van der Waals surface area contributed by atoms with Crippen LogP contribution in [0.15, 0.2) is 30.3 Å². The largest absolute Gasteiger partial charge is 0.456 e. The predicted octanol–water partition coefficient (Wildman–Crippen LogP) is 3.27. The standard InChI is InChI=1S/C20H23FN2O4S/c1-12-9-17(13(2)23(12)4)18(24)10-27-20(26)14(3)28-11-19(25)22-16-7-5-15(21)6-8-16/h5-9,14H,10-11H2,1-4H3,(H,22,25)/t14-/m1/s1. The first kappa shape index (κ1) is 21.7. The highest BCUT2D eigenvalue weighted by atomic mass is 32.2. The third-order valence-corrected chi connectivity index (χ3v) is 5.47. The molecule has 1 aromatic heterocycles. The van der Waals surface area contributed by atoms with Gasteiger partial charge in [0.05, 0.1) is 5.75 Å². The molecule has 1 atom stereocenters. The van der Waals surface area contributed by atoms with Crippen molar-refractivity contribution in [1.29, 1.82) is 0 Å². The topological polar surface area (TPSA) is 77.4 Å². The van der Waals surface area contributed by atoms with Gasteiger partial charge in [0.2, 0.25) is 11.7 Å². The Bertz CT molecular complexity index is 877. The van der Waals surface area contributed by atoms with Crippen LogP contribution in [0, 0.1) is 19.7 Å². The Morgan fingerprint density at radius 2 is 1.86 bits per heavy atom. The molecule has 1 heterocycles. The fourth-order valence-corrected chi connectivity index (χ4v) is 3.15. The summed E-state index contributed by atoms with van der Waals surface area (Å²) in [6.45, 7) is 5.00. The molecule has 0 aliphatic heterocycles. The summed E-state index contributed by atoms with van der Waals surface area (Å²) in [7, 11) is 1.86. The van der Waals surface area contributed by atoms with E-state index in [9.17, 15) is 18.8 Å². The molecule has 28 heavy (non-hydrogen) atoms. The van der Waals surface area contributed by atoms with Gasteiger partial charge in [-0.15, -0.1) is 11.8 Å². The number of esters is 1. The molecule has 8 heteroatoms. The van der Waals surface area contributed by atoms with Gasteiger partial charge in [0.15, 0.2) is 6.61 Å². The van der Waals surface area contributed by atoms with Crippen molar-refractivity contribution < 1.29 is 23.5 Å². The zero-order valence-corrected chi connectivity index (χ0v) is 17.1. The Labute approximate surface area is 167 Å². The number of hydrogen-bond acceptors (Lipinski definition) is 5. The molecule has 0 saturated heterocycles. The highest BCUT2D eigenvalue weighted by Gasteiger charge is 2.20. The van der Waals surface area contributed by atoms with Crippen molar-refractivity contribution in [2.24, 2.45) is 7.05 Å². The molecule has 0 spiro atoms. The van der Waals surface area contributed by atoms with Crippen molar-refractivity contribution in [2.75, 3.05) is 17.7 Å². The molecule has 0 aliphatic carbocycles. The van der Waals surface area contributed by atoms with Crippen LogP contribution in [-0.2, 0) is 21.4 Å². The molecule has 0 fully saturated rings. The first-order valence-corrected chi connectivity index (χ1v) is 9.73. The van der Waals surface area contributed by atoms with Crippen LogP contribution in [0.25, 0.3) is 0 Å². The number of nitrogens with zero attached hydrogens (tertiary/aromatic N) is 1. The summed E-state index contributed by atoms with van der Waals surface area (Å²) in [5.74, 6) is -1.50. The molecule has 6 nitrogen and oxygen atoms in total. The maximum absolute atomic E-state index is 12.9. The van der Waals surface area contributed by atoms with Crippen LogP contribution >= 0.6 is 11.8 Å². The molecule has 2 rings (SSSR count). The van der Waals surface area contributed by atoms with E-state index in [-0.39, 0.29) is 29.9 Å². The van der Waals surface area contributed by atoms with E-state index in [1.54, 1.807) is 13.0 Å². The van der Waals surface area contributed by atoms with Gasteiger partial charge in [-0.2, -0.15) is 0 Å². The lowest BCUT2D eigenvalue weighted by Crippen LogP contribution is -2.23. The average Bonchev–Trinajstić information content (AvgIpc) is 2.93. The van der Waals surface area contributed by atoms with Crippen LogP contribution in [0.1, 0.15) is 28.7 Å². The van der Waals surface area contributed by atoms with Gasteiger partial charge in [-0.25, -0.2) is 4.39 Å². The molecule has 1 aromatic carbocycles. The number of carbonyl (C=O) groups excluding carboxylic acids is 3. The average molecular weight is 406 g/mol. The quantitative estimate of drug-likeness (QED) is 0.538. The van der Waals surface area contributed by atoms with Gasteiger partial charge in [-0.05, 0) is 51.1 Å². The molecule has 0 aliphatic rings. The number of Topliss-reactive ketones (excluding diaryl/α,β-unsaturated/α-hetero) is 1. The number of hydrogen-bond donors (Lipinski definition) is 1. The molecular weight excluding hydrogens is 383 g/mol. The Balaban J connectivity index is 1.77. The summed E-state index contributed by atoms with van der Waals surface area (Å²) >= 11 is 1.10. The summed E-state index contributed by atoms with van der Waals surface area (Å²) in [5, 5.41) is 2.01. The maximum atomic E-state index is 12.9. The number of aromatic nitrogens is 1. The maximum Gasteiger partial charge on any atom is 0.319 e. The van der Waals surface area contributed by atoms with Crippen LogP contribution < -0.4 is 5.32 Å². The Kier molecular flexibility index (Phi) is 7.39. The van der Waals surface area contributed by atoms with Crippen molar-refractivity contribution >= 4 is 35.1 Å². The van der Waals surface area contributed by atoms with Gasteiger partial charge in [0, 0.05) is 29.7 Å². The molecule has 0 bridgehead atoms. The van der Waals surface area contributed by atoms with Gasteiger partial charge in [0.25, 0.3) is 0 Å². The highest BCUT2D eigenvalue weighted by molar-refractivity contribution is 8.01. The number of benzene rings is 1. The first-order valence-electron chi connectivity index (χ1n) is 8.68. The van der Waals surface area contributed by atoms with Crippen molar-refractivity contribution in [1.82, 2.24) is 4.57 Å². The van der Waals surface area contributed by atoms with Crippen molar-refractivity contribution in [3.8, 4) is 0 Å². The van der Waals surface area contributed by atoms with Crippen LogP contribution in [0.2, 0.25) is 0 Å². The van der Waals surface area contributed by atoms with Crippen LogP contribution in [-0.4, -0.2) is 39.8 Å². The Hall–Kier alpha value is -2.61. The molecule has 0 saturated carbocycles. The number of amides is 1. The molecular formula is C20H23FN2O4S. The minimum Gasteiger partial charge on any atom is -0.456 e. The molecule has 2 aromatic rings. The number of halogens is 1. The summed E-state index contributed by atoms with van der Waals surface area (Å²) < 4.78 is 19.8. The van der Waals surface area contributed by atoms with E-state index in [2.05, 4.69) is 5.32 Å². The van der Waals surface area contributed by atoms with Gasteiger partial charge in [-0.3, -0.25) is 14.4 Å². The third-order valence-electron chi connectivity index (χ3n) is 4.35. The lowest BCUT2D eigenvalue weighted by Gasteiger charge is -2.11. The van der Waals surface area contributed by atoms with Crippen molar-refractivity contribution in [3.05, 3.63) is 53.1 Å². The number of ketones is 1. The number of ether oxygens (including phenoxy) is 1. The monoisotopic (exact) mass is 406 g/mol. The van der Waals surface area contributed by atoms with E-state index >= 15 is 0 Å². The molecule has 0 unspecified atom stereocenters. The number of carbonyl (C=O) groups is 3. The molecule has 1 amide bonds. The molecule has 0 radical (unpaired) electrons. The summed E-state index contributed by atoms with van der Waals surface area (Å²) in [6, 6.07) is 7.16. The zero-order valence-electron chi connectivity index (χ0n) is 16.2. The summed E-state index contributed by atoms with van der Waals surface area (Å²) in [4.78, 5) is 36.2. The van der Waals surface area contributed by atoms with Crippen LogP contribution in [0.3, 0.4) is 0 Å². The number of rotatable bonds is 8. The zero-order chi connectivity index (χ0) is 20.8. The highest BCUT2D eigenvalue weighted by Crippen LogP contribution is 2.16. The van der Waals surface area contributed by atoms with E-state index in [4.69, 9.17) is 4.74 Å². The lowest BCUT2D eigenvalue weighted by molar-refractivity contribution is -0.141. The Morgan fingerprint density at radius 1 is 1.21 bits per heavy atom. The summed E-state index contributed by atoms with van der Waals surface area (Å²) in [6.07, 6.45) is 0. The SMILES string of the molecule is Cc1cc(C(=O)COC(=O)[C@@H](C)SCC(=O)Nc2ccc(F)cc2)c(C)n1C. The van der Waals surface area contributed by atoms with E-state index in [0.717, 1.165) is 23.1 Å². The van der Waals surface area contributed by atoms with E-state index < -0.39 is 11.2 Å². The lowest BCUT2D eigenvalue weighted by atomic mass is 10.1. The van der Waals surface area contributed by atoms with Crippen molar-refractivity contribution in [3.63, 3.8) is 0 Å². The minimum atomic E-state index is -0.606. The first-order chi connectivity index (χ1) is 13.2. The second-order valence-corrected chi connectivity index (χ2v) is 7.71. The van der Waals surface area contributed by atoms with Crippen LogP contribution in [0.5, 0.6) is 0 Å². The van der Waals surface area contributed by atoms with Crippen molar-refractivity contribution in [2.45, 2.75) is 26.0 Å². The van der Waals surface area contributed by atoms with Gasteiger partial charge in [0.1, 0.15) is 11.1 Å². The fraction of sp³-hybridized carbons (Fsp3) is 0.350. The van der Waals surface area contributed by atoms with E-state index in [1.165, 1.54) is 24.3 Å². The molecule has 1 N–H and O–H groups in total. The Morgan fingerprint density at radius 3 is 2.43 bits per heavy atom. The van der Waals surface area contributed by atoms with Crippen LogP contribution in [0.4, 0.5) is 10.1 Å². The fourth-order valence-electron chi connectivity index (χ4n) is 2.47. The smallest absolute Gasteiger partial charge is 0.319 e. The minimum absolute atomic E-state index is 0.0264. The number of nitrogens with one attached hydrogen (secondary N) is 1.